The monoisotopic (exact) mass is 535 g/mol. The minimum atomic E-state index is -0.906. The lowest BCUT2D eigenvalue weighted by Gasteiger charge is -2.25. The van der Waals surface area contributed by atoms with Crippen LogP contribution in [0.15, 0.2) is 146 Å². The summed E-state index contributed by atoms with van der Waals surface area (Å²) in [5, 5.41) is 8.32. The lowest BCUT2D eigenvalue weighted by atomic mass is 9.88. The first-order valence-electron chi connectivity index (χ1n) is 13.4. The van der Waals surface area contributed by atoms with Crippen LogP contribution in [0.4, 0.5) is 0 Å². The van der Waals surface area contributed by atoms with Gasteiger partial charge in [0.25, 0.3) is 0 Å². The Labute approximate surface area is 237 Å². The van der Waals surface area contributed by atoms with Crippen molar-refractivity contribution in [3.05, 3.63) is 151 Å². The molecule has 6 rings (SSSR count). The second-order valence-corrected chi connectivity index (χ2v) is 12.2. The van der Waals surface area contributed by atoms with Gasteiger partial charge in [-0.15, -0.1) is 0 Å². The second-order valence-electron chi connectivity index (χ2n) is 10.0. The van der Waals surface area contributed by atoms with E-state index in [-0.39, 0.29) is 5.78 Å². The SMILES string of the molecule is CN(C)/C=C/C(=O)c1ccc2ccccc2c1-c1c(P(c2ccccc2)c2ccccc2)ccc2ccccc12. The fourth-order valence-corrected chi connectivity index (χ4v) is 7.82. The van der Waals surface area contributed by atoms with Crippen LogP contribution >= 0.6 is 7.92 Å². The third-order valence-corrected chi connectivity index (χ3v) is 9.63. The number of fused-ring (bicyclic) bond motifs is 2. The van der Waals surface area contributed by atoms with Gasteiger partial charge in [-0.25, -0.2) is 0 Å². The van der Waals surface area contributed by atoms with Crippen molar-refractivity contribution in [3.8, 4) is 11.1 Å². The van der Waals surface area contributed by atoms with Crippen LogP contribution in [0, 0.1) is 0 Å². The van der Waals surface area contributed by atoms with E-state index in [2.05, 4.69) is 127 Å². The van der Waals surface area contributed by atoms with Crippen LogP contribution in [0.2, 0.25) is 0 Å². The number of hydrogen-bond donors (Lipinski definition) is 0. The fourth-order valence-electron chi connectivity index (χ4n) is 5.34. The number of carbonyl (C=O) groups excluding carboxylic acids is 1. The molecule has 0 spiro atoms. The molecule has 0 unspecified atom stereocenters. The fraction of sp³-hybridized carbons (Fsp3) is 0.0541. The molecular formula is C37H30NOP. The Hall–Kier alpha value is -4.52. The van der Waals surface area contributed by atoms with E-state index >= 15 is 0 Å². The molecule has 0 aromatic heterocycles. The molecule has 0 aliphatic heterocycles. The quantitative estimate of drug-likeness (QED) is 0.119. The average molecular weight is 536 g/mol. The maximum Gasteiger partial charge on any atom is 0.187 e. The summed E-state index contributed by atoms with van der Waals surface area (Å²) in [6.07, 6.45) is 3.50. The summed E-state index contributed by atoms with van der Waals surface area (Å²) in [7, 11) is 2.96. The first-order valence-corrected chi connectivity index (χ1v) is 14.8. The molecule has 0 amide bonds. The van der Waals surface area contributed by atoms with Crippen LogP contribution in [-0.4, -0.2) is 24.8 Å². The van der Waals surface area contributed by atoms with Gasteiger partial charge in [-0.2, -0.15) is 0 Å². The molecule has 6 aromatic carbocycles. The summed E-state index contributed by atoms with van der Waals surface area (Å²) in [5.74, 6) is -0.00270. The van der Waals surface area contributed by atoms with Gasteiger partial charge in [0.2, 0.25) is 0 Å². The molecule has 0 radical (unpaired) electrons. The molecule has 0 aliphatic carbocycles. The molecule has 194 valence electrons. The first kappa shape index (κ1) is 25.7. The number of ketones is 1. The average Bonchev–Trinajstić information content (AvgIpc) is 3.00. The van der Waals surface area contributed by atoms with Crippen LogP contribution in [-0.2, 0) is 0 Å². The van der Waals surface area contributed by atoms with E-state index in [0.29, 0.717) is 5.56 Å². The van der Waals surface area contributed by atoms with Gasteiger partial charge in [-0.3, -0.25) is 4.79 Å². The predicted molar refractivity (Wildman–Crippen MR) is 173 cm³/mol. The number of nitrogens with zero attached hydrogens (tertiary/aromatic N) is 1. The van der Waals surface area contributed by atoms with Gasteiger partial charge in [0.05, 0.1) is 0 Å². The van der Waals surface area contributed by atoms with Crippen molar-refractivity contribution in [1.29, 1.82) is 0 Å². The standard InChI is InChI=1S/C37H30NOP/c1-38(2)26-25-34(39)33-23-21-27-13-9-11-19-31(27)36(33)37-32-20-12-10-14-28(32)22-24-35(37)40(29-15-5-3-6-16-29)30-17-7-4-8-18-30/h3-26H,1-2H3/b26-25+. The number of carbonyl (C=O) groups is 1. The zero-order valence-corrected chi connectivity index (χ0v) is 23.6. The minimum absolute atomic E-state index is 0.00270. The maximum atomic E-state index is 13.8. The minimum Gasteiger partial charge on any atom is -0.383 e. The molecule has 0 aliphatic rings. The van der Waals surface area contributed by atoms with Crippen molar-refractivity contribution in [2.75, 3.05) is 14.1 Å². The molecule has 2 nitrogen and oxygen atoms in total. The largest absolute Gasteiger partial charge is 0.383 e. The Morgan fingerprint density at radius 1 is 0.575 bits per heavy atom. The van der Waals surface area contributed by atoms with Crippen LogP contribution in [0.25, 0.3) is 32.7 Å². The summed E-state index contributed by atoms with van der Waals surface area (Å²) < 4.78 is 0. The van der Waals surface area contributed by atoms with Crippen molar-refractivity contribution in [1.82, 2.24) is 4.90 Å². The highest BCUT2D eigenvalue weighted by atomic mass is 31.1. The van der Waals surface area contributed by atoms with E-state index in [1.165, 1.54) is 15.9 Å². The van der Waals surface area contributed by atoms with Crippen molar-refractivity contribution in [2.24, 2.45) is 0 Å². The molecule has 6 aromatic rings. The molecule has 40 heavy (non-hydrogen) atoms. The van der Waals surface area contributed by atoms with E-state index in [4.69, 9.17) is 0 Å². The topological polar surface area (TPSA) is 20.3 Å². The number of allylic oxidation sites excluding steroid dienone is 1. The zero-order valence-electron chi connectivity index (χ0n) is 22.7. The van der Waals surface area contributed by atoms with E-state index < -0.39 is 7.92 Å². The Balaban J connectivity index is 1.75. The number of rotatable bonds is 7. The molecule has 0 fully saturated rings. The Kier molecular flexibility index (Phi) is 7.27. The number of benzene rings is 6. The summed E-state index contributed by atoms with van der Waals surface area (Å²) >= 11 is 0. The van der Waals surface area contributed by atoms with Crippen molar-refractivity contribution in [2.45, 2.75) is 0 Å². The van der Waals surface area contributed by atoms with Gasteiger partial charge in [0.15, 0.2) is 5.78 Å². The lowest BCUT2D eigenvalue weighted by molar-refractivity contribution is 0.104. The van der Waals surface area contributed by atoms with Gasteiger partial charge in [-0.05, 0) is 57.0 Å². The smallest absolute Gasteiger partial charge is 0.187 e. The Morgan fingerprint density at radius 2 is 1.07 bits per heavy atom. The molecule has 0 N–H and O–H groups in total. The summed E-state index contributed by atoms with van der Waals surface area (Å²) in [6, 6.07) is 47.1. The van der Waals surface area contributed by atoms with Gasteiger partial charge in [-0.1, -0.05) is 127 Å². The van der Waals surface area contributed by atoms with Crippen LogP contribution in [0.3, 0.4) is 0 Å². The van der Waals surface area contributed by atoms with E-state index in [9.17, 15) is 4.79 Å². The third-order valence-electron chi connectivity index (χ3n) is 7.15. The molecule has 0 bridgehead atoms. The molecular weight excluding hydrogens is 505 g/mol. The Morgan fingerprint density at radius 3 is 1.65 bits per heavy atom. The zero-order chi connectivity index (χ0) is 27.5. The predicted octanol–water partition coefficient (Wildman–Crippen LogP) is 7.68. The first-order chi connectivity index (χ1) is 19.6. The van der Waals surface area contributed by atoms with Crippen LogP contribution in [0.1, 0.15) is 10.4 Å². The Bertz CT molecular complexity index is 1800. The highest BCUT2D eigenvalue weighted by Gasteiger charge is 2.25. The van der Waals surface area contributed by atoms with Gasteiger partial charge >= 0.3 is 0 Å². The number of hydrogen-bond acceptors (Lipinski definition) is 2. The van der Waals surface area contributed by atoms with Crippen molar-refractivity contribution in [3.63, 3.8) is 0 Å². The van der Waals surface area contributed by atoms with E-state index in [1.54, 1.807) is 6.08 Å². The van der Waals surface area contributed by atoms with Crippen molar-refractivity contribution < 1.29 is 4.79 Å². The second kappa shape index (κ2) is 11.3. The van der Waals surface area contributed by atoms with E-state index in [0.717, 1.165) is 32.7 Å². The summed E-state index contributed by atoms with van der Waals surface area (Å²) in [4.78, 5) is 15.7. The van der Waals surface area contributed by atoms with Crippen LogP contribution < -0.4 is 15.9 Å². The van der Waals surface area contributed by atoms with Crippen molar-refractivity contribution >= 4 is 51.2 Å². The molecule has 3 heteroatoms. The lowest BCUT2D eigenvalue weighted by Crippen LogP contribution is -2.22. The molecule has 0 saturated carbocycles. The molecule has 0 heterocycles. The maximum absolute atomic E-state index is 13.8. The third kappa shape index (κ3) is 4.95. The summed E-state index contributed by atoms with van der Waals surface area (Å²) in [5.41, 5.74) is 2.85. The van der Waals surface area contributed by atoms with Gasteiger partial charge in [0.1, 0.15) is 0 Å². The van der Waals surface area contributed by atoms with E-state index in [1.807, 2.05) is 31.3 Å². The molecule has 0 saturated heterocycles. The van der Waals surface area contributed by atoms with Gasteiger partial charge in [0, 0.05) is 37.5 Å². The molecule has 0 atom stereocenters. The highest BCUT2D eigenvalue weighted by molar-refractivity contribution is 7.80. The van der Waals surface area contributed by atoms with Gasteiger partial charge < -0.3 is 4.90 Å². The highest BCUT2D eigenvalue weighted by Crippen LogP contribution is 2.43. The normalized spacial score (nSPS) is 11.5. The van der Waals surface area contributed by atoms with Crippen LogP contribution in [0.5, 0.6) is 0 Å². The summed E-state index contributed by atoms with van der Waals surface area (Å²) in [6.45, 7) is 0.